The average Bonchev–Trinajstić information content (AvgIpc) is 2.85. The standard InChI is InChI=1S/C20H20/c1-3-9-15(10-4-1)19-17-13-7-8-14-18(19)20(17)16-11-5-2-6-12-16/h1-12,17-20H,13-14H2. The molecule has 0 saturated heterocycles. The highest BCUT2D eigenvalue weighted by atomic mass is 14.5. The van der Waals surface area contributed by atoms with Gasteiger partial charge in [-0.2, -0.15) is 0 Å². The van der Waals surface area contributed by atoms with Gasteiger partial charge in [0.1, 0.15) is 0 Å². The van der Waals surface area contributed by atoms with Gasteiger partial charge >= 0.3 is 0 Å². The lowest BCUT2D eigenvalue weighted by atomic mass is 9.52. The Morgan fingerprint density at radius 1 is 0.550 bits per heavy atom. The first-order chi connectivity index (χ1) is 9.95. The molecule has 0 aliphatic heterocycles. The van der Waals surface area contributed by atoms with Crippen molar-refractivity contribution >= 4 is 0 Å². The minimum absolute atomic E-state index is 0.747. The molecule has 3 aliphatic rings. The Kier molecular flexibility index (Phi) is 2.95. The number of hydrogen-bond acceptors (Lipinski definition) is 0. The summed E-state index contributed by atoms with van der Waals surface area (Å²) in [5.74, 6) is 3.06. The van der Waals surface area contributed by atoms with E-state index in [-0.39, 0.29) is 0 Å². The van der Waals surface area contributed by atoms with Gasteiger partial charge in [-0.15, -0.1) is 0 Å². The zero-order valence-electron chi connectivity index (χ0n) is 11.7. The van der Waals surface area contributed by atoms with Gasteiger partial charge in [-0.05, 0) is 47.6 Å². The van der Waals surface area contributed by atoms with E-state index in [1.165, 1.54) is 12.8 Å². The molecule has 0 N–H and O–H groups in total. The van der Waals surface area contributed by atoms with E-state index in [0.29, 0.717) is 0 Å². The molecule has 0 heteroatoms. The van der Waals surface area contributed by atoms with Crippen LogP contribution in [0, 0.1) is 11.8 Å². The van der Waals surface area contributed by atoms with Crippen LogP contribution < -0.4 is 0 Å². The third-order valence-corrected chi connectivity index (χ3v) is 5.20. The Morgan fingerprint density at radius 2 is 0.950 bits per heavy atom. The lowest BCUT2D eigenvalue weighted by molar-refractivity contribution is 0.104. The predicted molar refractivity (Wildman–Crippen MR) is 83.7 cm³/mol. The second-order valence-corrected chi connectivity index (χ2v) is 6.14. The quantitative estimate of drug-likeness (QED) is 0.655. The normalized spacial score (nSPS) is 31.4. The fraction of sp³-hybridized carbons (Fsp3) is 0.300. The predicted octanol–water partition coefficient (Wildman–Crippen LogP) is 5.15. The fourth-order valence-electron chi connectivity index (χ4n) is 4.37. The molecule has 100 valence electrons. The van der Waals surface area contributed by atoms with Gasteiger partial charge in [0.15, 0.2) is 0 Å². The van der Waals surface area contributed by atoms with E-state index in [9.17, 15) is 0 Å². The minimum atomic E-state index is 0.747. The molecule has 0 atom stereocenters. The van der Waals surface area contributed by atoms with Crippen LogP contribution in [0.15, 0.2) is 72.8 Å². The van der Waals surface area contributed by atoms with Gasteiger partial charge in [-0.25, -0.2) is 0 Å². The Morgan fingerprint density at radius 3 is 1.35 bits per heavy atom. The largest absolute Gasteiger partial charge is 0.0882 e. The molecule has 1 saturated carbocycles. The summed E-state index contributed by atoms with van der Waals surface area (Å²) >= 11 is 0. The van der Waals surface area contributed by atoms with Crippen molar-refractivity contribution in [1.82, 2.24) is 0 Å². The summed E-state index contributed by atoms with van der Waals surface area (Å²) in [6.07, 6.45) is 7.28. The molecule has 3 aliphatic carbocycles. The van der Waals surface area contributed by atoms with Crippen LogP contribution >= 0.6 is 0 Å². The molecule has 0 unspecified atom stereocenters. The van der Waals surface area contributed by atoms with Crippen LogP contribution in [-0.2, 0) is 0 Å². The maximum Gasteiger partial charge on any atom is -0.00875 e. The first kappa shape index (κ1) is 12.0. The number of allylic oxidation sites excluding steroid dienone is 2. The molecule has 5 rings (SSSR count). The zero-order chi connectivity index (χ0) is 13.4. The van der Waals surface area contributed by atoms with Crippen LogP contribution in [0.5, 0.6) is 0 Å². The average molecular weight is 260 g/mol. The molecule has 0 radical (unpaired) electrons. The molecule has 20 heavy (non-hydrogen) atoms. The van der Waals surface area contributed by atoms with Crippen LogP contribution in [0.4, 0.5) is 0 Å². The summed E-state index contributed by atoms with van der Waals surface area (Å²) in [5, 5.41) is 0. The van der Waals surface area contributed by atoms with Gasteiger partial charge in [0.2, 0.25) is 0 Å². The molecule has 0 spiro atoms. The lowest BCUT2D eigenvalue weighted by Crippen LogP contribution is -2.42. The van der Waals surface area contributed by atoms with Crippen molar-refractivity contribution in [3.8, 4) is 0 Å². The molecule has 1 fully saturated rings. The smallest absolute Gasteiger partial charge is 0.00875 e. The summed E-state index contributed by atoms with van der Waals surface area (Å²) in [6, 6.07) is 22.3. The van der Waals surface area contributed by atoms with Crippen molar-refractivity contribution in [2.45, 2.75) is 24.7 Å². The third kappa shape index (κ3) is 1.83. The molecule has 2 aromatic rings. The number of hydrogen-bond donors (Lipinski definition) is 0. The van der Waals surface area contributed by atoms with E-state index in [2.05, 4.69) is 72.8 Å². The first-order valence-corrected chi connectivity index (χ1v) is 7.70. The molecule has 0 amide bonds. The molecule has 0 nitrogen and oxygen atoms in total. The van der Waals surface area contributed by atoms with E-state index < -0.39 is 0 Å². The topological polar surface area (TPSA) is 0 Å². The van der Waals surface area contributed by atoms with E-state index >= 15 is 0 Å². The van der Waals surface area contributed by atoms with Crippen molar-refractivity contribution in [1.29, 1.82) is 0 Å². The molecular weight excluding hydrogens is 240 g/mol. The van der Waals surface area contributed by atoms with E-state index in [1.54, 1.807) is 11.1 Å². The minimum Gasteiger partial charge on any atom is -0.0882 e. The van der Waals surface area contributed by atoms with Crippen LogP contribution in [-0.4, -0.2) is 0 Å². The Hall–Kier alpha value is -1.82. The molecule has 2 bridgehead atoms. The fourth-order valence-corrected chi connectivity index (χ4v) is 4.37. The lowest BCUT2D eigenvalue weighted by Gasteiger charge is -2.52. The third-order valence-electron chi connectivity index (χ3n) is 5.20. The van der Waals surface area contributed by atoms with Gasteiger partial charge in [-0.3, -0.25) is 0 Å². The Balaban J connectivity index is 1.69. The van der Waals surface area contributed by atoms with Gasteiger partial charge in [0.25, 0.3) is 0 Å². The molecule has 2 aromatic carbocycles. The summed E-state index contributed by atoms with van der Waals surface area (Å²) in [5.41, 5.74) is 3.08. The SMILES string of the molecule is C1=CCC2C(c3ccccc3)C(C1)C2c1ccccc1. The van der Waals surface area contributed by atoms with E-state index in [0.717, 1.165) is 23.7 Å². The van der Waals surface area contributed by atoms with Crippen molar-refractivity contribution in [2.24, 2.45) is 11.8 Å². The second-order valence-electron chi connectivity index (χ2n) is 6.14. The van der Waals surface area contributed by atoms with Crippen LogP contribution in [0.25, 0.3) is 0 Å². The van der Waals surface area contributed by atoms with E-state index in [1.807, 2.05) is 0 Å². The van der Waals surface area contributed by atoms with Crippen LogP contribution in [0.3, 0.4) is 0 Å². The summed E-state index contributed by atoms with van der Waals surface area (Å²) in [4.78, 5) is 0. The monoisotopic (exact) mass is 260 g/mol. The summed E-state index contributed by atoms with van der Waals surface area (Å²) in [7, 11) is 0. The summed E-state index contributed by atoms with van der Waals surface area (Å²) < 4.78 is 0. The number of fused-ring (bicyclic) bond motifs is 2. The number of rotatable bonds is 2. The van der Waals surface area contributed by atoms with E-state index in [4.69, 9.17) is 0 Å². The Bertz CT molecular complexity index is 533. The van der Waals surface area contributed by atoms with Gasteiger partial charge in [0, 0.05) is 0 Å². The van der Waals surface area contributed by atoms with Crippen LogP contribution in [0.2, 0.25) is 0 Å². The first-order valence-electron chi connectivity index (χ1n) is 7.70. The molecular formula is C20H20. The maximum absolute atomic E-state index is 2.41. The van der Waals surface area contributed by atoms with Crippen LogP contribution in [0.1, 0.15) is 35.8 Å². The maximum atomic E-state index is 2.41. The highest BCUT2D eigenvalue weighted by molar-refractivity contribution is 5.35. The van der Waals surface area contributed by atoms with Crippen molar-refractivity contribution in [3.05, 3.63) is 83.9 Å². The summed E-state index contributed by atoms with van der Waals surface area (Å²) in [6.45, 7) is 0. The number of benzene rings is 2. The van der Waals surface area contributed by atoms with Crippen molar-refractivity contribution in [2.75, 3.05) is 0 Å². The second kappa shape index (κ2) is 4.94. The molecule has 0 heterocycles. The van der Waals surface area contributed by atoms with Crippen molar-refractivity contribution in [3.63, 3.8) is 0 Å². The highest BCUT2D eigenvalue weighted by Crippen LogP contribution is 2.61. The van der Waals surface area contributed by atoms with Crippen molar-refractivity contribution < 1.29 is 0 Å². The Labute approximate surface area is 121 Å². The molecule has 0 aromatic heterocycles. The van der Waals surface area contributed by atoms with Gasteiger partial charge < -0.3 is 0 Å². The van der Waals surface area contributed by atoms with Gasteiger partial charge in [0.05, 0.1) is 0 Å². The van der Waals surface area contributed by atoms with Gasteiger partial charge in [-0.1, -0.05) is 72.8 Å². The highest BCUT2D eigenvalue weighted by Gasteiger charge is 2.50. The zero-order valence-corrected chi connectivity index (χ0v) is 11.7.